The maximum Gasteiger partial charge on any atom is 0.251 e. The van der Waals surface area contributed by atoms with Crippen LogP contribution in [0.2, 0.25) is 0 Å². The number of nitrogens with two attached hydrogens (primary N) is 1. The molecule has 5 nitrogen and oxygen atoms in total. The van der Waals surface area contributed by atoms with E-state index in [9.17, 15) is 14.7 Å². The Labute approximate surface area is 106 Å². The summed E-state index contributed by atoms with van der Waals surface area (Å²) in [5, 5.41) is 12.1. The smallest absolute Gasteiger partial charge is 0.251 e. The van der Waals surface area contributed by atoms with Gasteiger partial charge in [0, 0.05) is 6.04 Å². The summed E-state index contributed by atoms with van der Waals surface area (Å²) in [5.74, 6) is -0.627. The van der Waals surface area contributed by atoms with Gasteiger partial charge < -0.3 is 21.0 Å². The first-order valence-electron chi connectivity index (χ1n) is 5.78. The molecular formula is C13H18N2O3. The lowest BCUT2D eigenvalue weighted by molar-refractivity contribution is -0.132. The third-order valence-corrected chi connectivity index (χ3v) is 2.56. The Morgan fingerprint density at radius 1 is 1.44 bits per heavy atom. The third kappa shape index (κ3) is 4.27. The number of benzene rings is 1. The predicted octanol–water partition coefficient (Wildman–Crippen LogP) is -0.379. The second-order valence-electron chi connectivity index (χ2n) is 4.23. The Morgan fingerprint density at radius 2 is 2.06 bits per heavy atom. The average Bonchev–Trinajstić information content (AvgIpc) is 2.38. The molecule has 0 unspecified atom stereocenters. The van der Waals surface area contributed by atoms with Crippen LogP contribution in [0.15, 0.2) is 30.3 Å². The minimum absolute atomic E-state index is 0.394. The highest BCUT2D eigenvalue weighted by Crippen LogP contribution is 2.04. The first kappa shape index (κ1) is 14.3. The average molecular weight is 250 g/mol. The molecule has 18 heavy (non-hydrogen) atoms. The molecule has 0 aromatic heterocycles. The highest BCUT2D eigenvalue weighted by molar-refractivity contribution is 5.83. The summed E-state index contributed by atoms with van der Waals surface area (Å²) in [6.07, 6.45) is -0.342. The van der Waals surface area contributed by atoms with Crippen molar-refractivity contribution in [3.8, 4) is 0 Å². The number of nitrogens with one attached hydrogen (secondary N) is 1. The van der Waals surface area contributed by atoms with E-state index in [0.717, 1.165) is 5.56 Å². The Balaban J connectivity index is 2.53. The highest BCUT2D eigenvalue weighted by atomic mass is 16.3. The zero-order chi connectivity index (χ0) is 13.5. The molecule has 3 atom stereocenters. The van der Waals surface area contributed by atoms with Crippen LogP contribution in [-0.4, -0.2) is 35.5 Å². The molecule has 1 aromatic rings. The fourth-order valence-electron chi connectivity index (χ4n) is 1.54. The molecule has 0 radical (unpaired) electrons. The van der Waals surface area contributed by atoms with E-state index in [-0.39, 0.29) is 0 Å². The van der Waals surface area contributed by atoms with Crippen LogP contribution in [0.4, 0.5) is 0 Å². The molecule has 0 aliphatic rings. The summed E-state index contributed by atoms with van der Waals surface area (Å²) in [5.41, 5.74) is 6.71. The van der Waals surface area contributed by atoms with Gasteiger partial charge in [0.25, 0.3) is 5.91 Å². The molecule has 1 rings (SSSR count). The second kappa shape index (κ2) is 6.88. The summed E-state index contributed by atoms with van der Waals surface area (Å²) in [6, 6.07) is 8.02. The van der Waals surface area contributed by atoms with Gasteiger partial charge in [-0.05, 0) is 18.9 Å². The molecule has 5 heteroatoms. The van der Waals surface area contributed by atoms with Crippen molar-refractivity contribution in [3.63, 3.8) is 0 Å². The van der Waals surface area contributed by atoms with E-state index < -0.39 is 24.1 Å². The topological polar surface area (TPSA) is 92.4 Å². The second-order valence-corrected chi connectivity index (χ2v) is 4.23. The Bertz CT molecular complexity index is 394. The maximum atomic E-state index is 11.5. The van der Waals surface area contributed by atoms with E-state index >= 15 is 0 Å². The predicted molar refractivity (Wildman–Crippen MR) is 67.8 cm³/mol. The molecule has 0 aliphatic heterocycles. The van der Waals surface area contributed by atoms with Crippen LogP contribution in [-0.2, 0) is 16.0 Å². The first-order chi connectivity index (χ1) is 8.54. The van der Waals surface area contributed by atoms with Crippen LogP contribution in [0, 0.1) is 0 Å². The molecule has 0 heterocycles. The fraction of sp³-hybridized carbons (Fsp3) is 0.385. The number of carbonyl (C=O) groups is 2. The zero-order valence-corrected chi connectivity index (χ0v) is 10.2. The molecule has 0 spiro atoms. The number of amides is 1. The number of hydrogen-bond acceptors (Lipinski definition) is 4. The van der Waals surface area contributed by atoms with Crippen molar-refractivity contribution in [2.45, 2.75) is 31.5 Å². The Hall–Kier alpha value is -1.72. The summed E-state index contributed by atoms with van der Waals surface area (Å²) in [7, 11) is 0. The molecule has 4 N–H and O–H groups in total. The quantitative estimate of drug-likeness (QED) is 0.600. The summed E-state index contributed by atoms with van der Waals surface area (Å²) < 4.78 is 0. The molecular weight excluding hydrogens is 232 g/mol. The van der Waals surface area contributed by atoms with Crippen molar-refractivity contribution < 1.29 is 14.7 Å². The lowest BCUT2D eigenvalue weighted by atomic mass is 10.0. The van der Waals surface area contributed by atoms with Crippen LogP contribution < -0.4 is 11.1 Å². The van der Waals surface area contributed by atoms with Gasteiger partial charge in [0.15, 0.2) is 0 Å². The zero-order valence-electron chi connectivity index (χ0n) is 10.2. The van der Waals surface area contributed by atoms with E-state index in [1.807, 2.05) is 30.3 Å². The van der Waals surface area contributed by atoms with Gasteiger partial charge in [-0.1, -0.05) is 30.3 Å². The number of aliphatic hydroxyl groups excluding tert-OH is 1. The lowest BCUT2D eigenvalue weighted by Crippen LogP contribution is -2.49. The molecule has 1 aromatic carbocycles. The summed E-state index contributed by atoms with van der Waals surface area (Å²) in [4.78, 5) is 21.9. The summed E-state index contributed by atoms with van der Waals surface area (Å²) in [6.45, 7) is 1.53. The molecule has 0 saturated carbocycles. The van der Waals surface area contributed by atoms with Crippen LogP contribution in [0.5, 0.6) is 0 Å². The van der Waals surface area contributed by atoms with E-state index in [2.05, 4.69) is 5.32 Å². The standard InChI is InChI=1S/C13H18N2O3/c1-9(8-16)15-13(18)12(17)11(14)7-10-5-3-2-4-6-10/h2-6,8-9,11-12,17H,7,14H2,1H3,(H,15,18)/t9-,11+,12-/m0/s1. The fourth-order valence-corrected chi connectivity index (χ4v) is 1.54. The highest BCUT2D eigenvalue weighted by Gasteiger charge is 2.23. The van der Waals surface area contributed by atoms with Gasteiger partial charge >= 0.3 is 0 Å². The van der Waals surface area contributed by atoms with Crippen molar-refractivity contribution >= 4 is 12.2 Å². The maximum absolute atomic E-state index is 11.5. The van der Waals surface area contributed by atoms with Crippen molar-refractivity contribution in [2.24, 2.45) is 5.73 Å². The molecule has 0 saturated heterocycles. The monoisotopic (exact) mass is 250 g/mol. The van der Waals surface area contributed by atoms with Gasteiger partial charge in [-0.2, -0.15) is 0 Å². The van der Waals surface area contributed by atoms with Gasteiger partial charge in [-0.15, -0.1) is 0 Å². The van der Waals surface area contributed by atoms with E-state index in [1.165, 1.54) is 6.92 Å². The van der Waals surface area contributed by atoms with Crippen LogP contribution in [0.3, 0.4) is 0 Å². The normalized spacial score (nSPS) is 15.5. The molecule has 0 aliphatic carbocycles. The van der Waals surface area contributed by atoms with Crippen molar-refractivity contribution in [3.05, 3.63) is 35.9 Å². The van der Waals surface area contributed by atoms with E-state index in [4.69, 9.17) is 5.73 Å². The van der Waals surface area contributed by atoms with Crippen molar-refractivity contribution in [1.29, 1.82) is 0 Å². The number of carbonyl (C=O) groups excluding carboxylic acids is 2. The number of rotatable bonds is 6. The SMILES string of the molecule is C[C@@H](C=O)NC(=O)[C@@H](O)[C@H](N)Cc1ccccc1. The Kier molecular flexibility index (Phi) is 5.48. The molecule has 0 bridgehead atoms. The number of hydrogen-bond donors (Lipinski definition) is 3. The molecule has 0 fully saturated rings. The minimum atomic E-state index is -1.33. The number of aldehydes is 1. The van der Waals surface area contributed by atoms with Crippen LogP contribution in [0.1, 0.15) is 12.5 Å². The third-order valence-electron chi connectivity index (χ3n) is 2.56. The van der Waals surface area contributed by atoms with Crippen LogP contribution in [0.25, 0.3) is 0 Å². The van der Waals surface area contributed by atoms with Crippen molar-refractivity contribution in [1.82, 2.24) is 5.32 Å². The largest absolute Gasteiger partial charge is 0.382 e. The molecule has 98 valence electrons. The van der Waals surface area contributed by atoms with Crippen molar-refractivity contribution in [2.75, 3.05) is 0 Å². The van der Waals surface area contributed by atoms with Gasteiger partial charge in [0.2, 0.25) is 0 Å². The van der Waals surface area contributed by atoms with Gasteiger partial charge in [-0.25, -0.2) is 0 Å². The Morgan fingerprint density at radius 3 is 2.61 bits per heavy atom. The minimum Gasteiger partial charge on any atom is -0.382 e. The van der Waals surface area contributed by atoms with E-state index in [1.54, 1.807) is 0 Å². The lowest BCUT2D eigenvalue weighted by Gasteiger charge is -2.19. The van der Waals surface area contributed by atoms with Gasteiger partial charge in [-0.3, -0.25) is 4.79 Å². The first-order valence-corrected chi connectivity index (χ1v) is 5.78. The van der Waals surface area contributed by atoms with E-state index in [0.29, 0.717) is 12.7 Å². The van der Waals surface area contributed by atoms with Crippen LogP contribution >= 0.6 is 0 Å². The molecule has 1 amide bonds. The van der Waals surface area contributed by atoms with Gasteiger partial charge in [0.05, 0.1) is 6.04 Å². The summed E-state index contributed by atoms with van der Waals surface area (Å²) >= 11 is 0. The number of aliphatic hydroxyl groups is 1. The van der Waals surface area contributed by atoms with Gasteiger partial charge in [0.1, 0.15) is 12.4 Å².